The molecule has 6 nitrogen and oxygen atoms in total. The van der Waals surface area contributed by atoms with Gasteiger partial charge in [0.2, 0.25) is 0 Å². The van der Waals surface area contributed by atoms with Crippen LogP contribution in [-0.4, -0.2) is 49.2 Å². The van der Waals surface area contributed by atoms with E-state index in [9.17, 15) is 4.39 Å². The number of benzene rings is 1. The van der Waals surface area contributed by atoms with Crippen molar-refractivity contribution in [2.75, 3.05) is 33.4 Å². The Balaban J connectivity index is 1.35. The molecule has 28 heavy (non-hydrogen) atoms. The summed E-state index contributed by atoms with van der Waals surface area (Å²) >= 11 is 0. The van der Waals surface area contributed by atoms with E-state index in [1.54, 1.807) is 37.6 Å². The van der Waals surface area contributed by atoms with Gasteiger partial charge >= 0.3 is 0 Å². The quantitative estimate of drug-likeness (QED) is 0.648. The number of nitrogens with zero attached hydrogens (tertiary/aromatic N) is 3. The highest BCUT2D eigenvalue weighted by Gasteiger charge is 2.42. The summed E-state index contributed by atoms with van der Waals surface area (Å²) in [6.45, 7) is 4.11. The number of pyridine rings is 1. The lowest BCUT2D eigenvalue weighted by atomic mass is 9.87. The van der Waals surface area contributed by atoms with Crippen LogP contribution in [0, 0.1) is 11.2 Å². The first kappa shape index (κ1) is 18.7. The molecule has 148 valence electrons. The van der Waals surface area contributed by atoms with Gasteiger partial charge < -0.3 is 19.7 Å². The molecular weight excluding hydrogens is 359 g/mol. The van der Waals surface area contributed by atoms with Gasteiger partial charge in [-0.05, 0) is 42.7 Å². The number of hydrogen-bond acceptors (Lipinski definition) is 4. The molecule has 1 unspecified atom stereocenters. The molecule has 0 bridgehead atoms. The van der Waals surface area contributed by atoms with Gasteiger partial charge in [-0.3, -0.25) is 9.98 Å². The number of hydrogen-bond donors (Lipinski definition) is 1. The fraction of sp³-hybridized carbons (Fsp3) is 0.429. The van der Waals surface area contributed by atoms with Gasteiger partial charge in [0.05, 0.1) is 12.8 Å². The maximum Gasteiger partial charge on any atom is 0.193 e. The fourth-order valence-electron chi connectivity index (χ4n) is 3.87. The Morgan fingerprint density at radius 3 is 3.04 bits per heavy atom. The predicted molar refractivity (Wildman–Crippen MR) is 105 cm³/mol. The lowest BCUT2D eigenvalue weighted by molar-refractivity contribution is 0.156. The van der Waals surface area contributed by atoms with Crippen LogP contribution in [0.3, 0.4) is 0 Å². The number of likely N-dealkylation sites (tertiary alicyclic amines) is 1. The minimum absolute atomic E-state index is 0.184. The maximum atomic E-state index is 14.4. The molecule has 2 aromatic rings. The first-order chi connectivity index (χ1) is 13.7. The van der Waals surface area contributed by atoms with E-state index in [0.717, 1.165) is 50.7 Å². The molecule has 0 saturated carbocycles. The molecular formula is C21H25FN4O2. The molecule has 0 aliphatic carbocycles. The topological polar surface area (TPSA) is 59.0 Å². The van der Waals surface area contributed by atoms with Gasteiger partial charge in [0.25, 0.3) is 0 Å². The maximum absolute atomic E-state index is 14.4. The molecule has 2 saturated heterocycles. The molecule has 1 N–H and O–H groups in total. The summed E-state index contributed by atoms with van der Waals surface area (Å²) in [6, 6.07) is 8.47. The van der Waals surface area contributed by atoms with Gasteiger partial charge in [-0.15, -0.1) is 0 Å². The second-order valence-electron chi connectivity index (χ2n) is 7.43. The van der Waals surface area contributed by atoms with Crippen molar-refractivity contribution < 1.29 is 13.9 Å². The standard InChI is InChI=1S/C21H25FN4O2/c1-23-20(26-9-6-21(14-26)7-10-27-15-21)25-12-16-4-5-19(18(22)11-16)28-17-3-2-8-24-13-17/h2-5,8,11,13H,6-7,9-10,12,14-15H2,1H3,(H,23,25). The third-order valence-electron chi connectivity index (χ3n) is 5.44. The predicted octanol–water partition coefficient (Wildman–Crippen LogP) is 3.20. The molecule has 0 radical (unpaired) electrons. The zero-order valence-electron chi connectivity index (χ0n) is 16.0. The lowest BCUT2D eigenvalue weighted by Gasteiger charge is -2.25. The molecule has 4 rings (SSSR count). The van der Waals surface area contributed by atoms with Gasteiger partial charge in [0.15, 0.2) is 17.5 Å². The van der Waals surface area contributed by atoms with Crippen molar-refractivity contribution in [2.45, 2.75) is 19.4 Å². The summed E-state index contributed by atoms with van der Waals surface area (Å²) < 4.78 is 25.6. The van der Waals surface area contributed by atoms with Crippen LogP contribution in [0.15, 0.2) is 47.7 Å². The van der Waals surface area contributed by atoms with Crippen molar-refractivity contribution >= 4 is 5.96 Å². The SMILES string of the molecule is CN=C(NCc1ccc(Oc2cccnc2)c(F)c1)N1CCC2(CCOC2)C1. The molecule has 2 aliphatic rings. The number of nitrogens with one attached hydrogen (secondary N) is 1. The van der Waals surface area contributed by atoms with Gasteiger partial charge in [0, 0.05) is 44.9 Å². The monoisotopic (exact) mass is 384 g/mol. The summed E-state index contributed by atoms with van der Waals surface area (Å²) in [5.41, 5.74) is 1.10. The zero-order chi connectivity index (χ0) is 19.4. The van der Waals surface area contributed by atoms with E-state index in [4.69, 9.17) is 9.47 Å². The lowest BCUT2D eigenvalue weighted by Crippen LogP contribution is -2.41. The average Bonchev–Trinajstić information content (AvgIpc) is 3.35. The molecule has 2 aliphatic heterocycles. The minimum Gasteiger partial charge on any atom is -0.453 e. The van der Waals surface area contributed by atoms with E-state index >= 15 is 0 Å². The van der Waals surface area contributed by atoms with Gasteiger partial charge in [0.1, 0.15) is 5.75 Å². The largest absolute Gasteiger partial charge is 0.453 e. The third-order valence-corrected chi connectivity index (χ3v) is 5.44. The van der Waals surface area contributed by atoms with Crippen LogP contribution < -0.4 is 10.1 Å². The van der Waals surface area contributed by atoms with Crippen LogP contribution in [0.1, 0.15) is 18.4 Å². The number of halogens is 1. The molecule has 3 heterocycles. The summed E-state index contributed by atoms with van der Waals surface area (Å²) in [7, 11) is 1.78. The third kappa shape index (κ3) is 4.09. The van der Waals surface area contributed by atoms with E-state index in [1.165, 1.54) is 6.07 Å². The van der Waals surface area contributed by atoms with Crippen molar-refractivity contribution in [2.24, 2.45) is 10.4 Å². The highest BCUT2D eigenvalue weighted by Crippen LogP contribution is 2.38. The van der Waals surface area contributed by atoms with Crippen LogP contribution in [0.2, 0.25) is 0 Å². The summed E-state index contributed by atoms with van der Waals surface area (Å²) in [5, 5.41) is 3.35. The Kier molecular flexibility index (Phi) is 5.43. The summed E-state index contributed by atoms with van der Waals surface area (Å²) in [6.07, 6.45) is 5.44. The van der Waals surface area contributed by atoms with Crippen molar-refractivity contribution in [3.05, 3.63) is 54.1 Å². The Hall–Kier alpha value is -2.67. The Morgan fingerprint density at radius 2 is 2.32 bits per heavy atom. The summed E-state index contributed by atoms with van der Waals surface area (Å²) in [4.78, 5) is 10.6. The number of guanidine groups is 1. The smallest absolute Gasteiger partial charge is 0.193 e. The normalized spacial score (nSPS) is 22.1. The second-order valence-corrected chi connectivity index (χ2v) is 7.43. The Labute approximate surface area is 164 Å². The fourth-order valence-corrected chi connectivity index (χ4v) is 3.87. The second kappa shape index (κ2) is 8.14. The molecule has 0 amide bonds. The van der Waals surface area contributed by atoms with E-state index in [0.29, 0.717) is 12.3 Å². The van der Waals surface area contributed by atoms with Crippen molar-refractivity contribution in [3.63, 3.8) is 0 Å². The number of aliphatic imine (C=N–C) groups is 1. The van der Waals surface area contributed by atoms with Crippen LogP contribution in [0.4, 0.5) is 4.39 Å². The van der Waals surface area contributed by atoms with Crippen molar-refractivity contribution in [3.8, 4) is 11.5 Å². The Morgan fingerprint density at radius 1 is 1.39 bits per heavy atom. The molecule has 1 atom stereocenters. The molecule has 7 heteroatoms. The van der Waals surface area contributed by atoms with Crippen LogP contribution in [0.25, 0.3) is 0 Å². The minimum atomic E-state index is -0.402. The number of aromatic nitrogens is 1. The zero-order valence-corrected chi connectivity index (χ0v) is 16.0. The number of rotatable bonds is 4. The van der Waals surface area contributed by atoms with Gasteiger partial charge in [-0.2, -0.15) is 0 Å². The average molecular weight is 384 g/mol. The van der Waals surface area contributed by atoms with Crippen LogP contribution >= 0.6 is 0 Å². The van der Waals surface area contributed by atoms with E-state index < -0.39 is 5.82 Å². The van der Waals surface area contributed by atoms with E-state index in [1.807, 2.05) is 6.07 Å². The summed E-state index contributed by atoms with van der Waals surface area (Å²) in [5.74, 6) is 1.14. The first-order valence-corrected chi connectivity index (χ1v) is 9.57. The van der Waals surface area contributed by atoms with E-state index in [-0.39, 0.29) is 11.2 Å². The Bertz CT molecular complexity index is 838. The molecule has 1 aromatic heterocycles. The van der Waals surface area contributed by atoms with Crippen molar-refractivity contribution in [1.29, 1.82) is 0 Å². The molecule has 1 spiro atoms. The van der Waals surface area contributed by atoms with Gasteiger partial charge in [-0.25, -0.2) is 4.39 Å². The van der Waals surface area contributed by atoms with Crippen molar-refractivity contribution in [1.82, 2.24) is 15.2 Å². The molecule has 1 aromatic carbocycles. The highest BCUT2D eigenvalue weighted by molar-refractivity contribution is 5.80. The van der Waals surface area contributed by atoms with Crippen LogP contribution in [0.5, 0.6) is 11.5 Å². The van der Waals surface area contributed by atoms with Crippen LogP contribution in [-0.2, 0) is 11.3 Å². The number of ether oxygens (including phenoxy) is 2. The van der Waals surface area contributed by atoms with Gasteiger partial charge in [-0.1, -0.05) is 6.07 Å². The van der Waals surface area contributed by atoms with E-state index in [2.05, 4.69) is 20.2 Å². The highest BCUT2D eigenvalue weighted by atomic mass is 19.1. The first-order valence-electron chi connectivity index (χ1n) is 9.57. The molecule has 2 fully saturated rings.